The Kier molecular flexibility index (Phi) is 8.75. The molecule has 0 spiro atoms. The highest BCUT2D eigenvalue weighted by atomic mass is 15.0. The molecule has 1 fully saturated rings. The summed E-state index contributed by atoms with van der Waals surface area (Å²) in [5, 5.41) is 7.70. The van der Waals surface area contributed by atoms with Gasteiger partial charge in [-0.2, -0.15) is 0 Å². The largest absolute Gasteiger partial charge is 0.315 e. The normalized spacial score (nSPS) is 23.8. The first-order valence-electron chi connectivity index (χ1n) is 12.4. The summed E-state index contributed by atoms with van der Waals surface area (Å²) in [7, 11) is 0. The van der Waals surface area contributed by atoms with E-state index in [1.54, 1.807) is 0 Å². The predicted molar refractivity (Wildman–Crippen MR) is 135 cm³/mol. The third-order valence-corrected chi connectivity index (χ3v) is 7.36. The summed E-state index contributed by atoms with van der Waals surface area (Å²) in [4.78, 5) is 0. The van der Waals surface area contributed by atoms with E-state index in [2.05, 4.69) is 106 Å². The van der Waals surface area contributed by atoms with Crippen molar-refractivity contribution in [2.24, 2.45) is 23.2 Å². The van der Waals surface area contributed by atoms with Crippen LogP contribution in [0.1, 0.15) is 70.9 Å². The molecule has 2 nitrogen and oxygen atoms in total. The molecule has 0 aromatic heterocycles. The van der Waals surface area contributed by atoms with E-state index in [0.717, 1.165) is 37.4 Å². The first kappa shape index (κ1) is 24.0. The minimum Gasteiger partial charge on any atom is -0.315 e. The van der Waals surface area contributed by atoms with Gasteiger partial charge < -0.3 is 10.6 Å². The lowest BCUT2D eigenvalue weighted by atomic mass is 9.75. The molecule has 1 aliphatic rings. The van der Waals surface area contributed by atoms with E-state index >= 15 is 0 Å². The summed E-state index contributed by atoms with van der Waals surface area (Å²) >= 11 is 0. The van der Waals surface area contributed by atoms with Crippen molar-refractivity contribution in [1.82, 2.24) is 10.6 Å². The molecule has 3 atom stereocenters. The van der Waals surface area contributed by atoms with E-state index in [-0.39, 0.29) is 0 Å². The van der Waals surface area contributed by atoms with Gasteiger partial charge in [0.1, 0.15) is 0 Å². The monoisotopic (exact) mass is 420 g/mol. The minimum atomic E-state index is 0.393. The smallest absolute Gasteiger partial charge is 0.0214 e. The Bertz CT molecular complexity index is 713. The van der Waals surface area contributed by atoms with Crippen molar-refractivity contribution in [3.8, 4) is 0 Å². The lowest BCUT2D eigenvalue weighted by molar-refractivity contribution is 0.182. The third kappa shape index (κ3) is 6.92. The molecule has 170 valence electrons. The highest BCUT2D eigenvalue weighted by Gasteiger charge is 2.36. The lowest BCUT2D eigenvalue weighted by Crippen LogP contribution is -2.43. The van der Waals surface area contributed by atoms with Crippen LogP contribution < -0.4 is 10.6 Å². The highest BCUT2D eigenvalue weighted by molar-refractivity contribution is 5.32. The minimum absolute atomic E-state index is 0.393. The Morgan fingerprint density at radius 2 is 1.48 bits per heavy atom. The van der Waals surface area contributed by atoms with Crippen molar-refractivity contribution in [1.29, 1.82) is 0 Å². The van der Waals surface area contributed by atoms with Crippen LogP contribution in [0.25, 0.3) is 0 Å². The quantitative estimate of drug-likeness (QED) is 0.358. The summed E-state index contributed by atoms with van der Waals surface area (Å²) in [6, 6.07) is 22.4. The molecule has 31 heavy (non-hydrogen) atoms. The molecule has 0 bridgehead atoms. The van der Waals surface area contributed by atoms with Gasteiger partial charge in [0.15, 0.2) is 0 Å². The molecule has 1 aliphatic carbocycles. The van der Waals surface area contributed by atoms with Gasteiger partial charge in [0.05, 0.1) is 0 Å². The fourth-order valence-corrected chi connectivity index (χ4v) is 6.00. The van der Waals surface area contributed by atoms with Crippen LogP contribution in [0.5, 0.6) is 0 Å². The summed E-state index contributed by atoms with van der Waals surface area (Å²) < 4.78 is 0. The number of nitrogens with one attached hydrogen (secondary N) is 2. The molecule has 3 rings (SSSR count). The molecule has 0 radical (unpaired) electrons. The van der Waals surface area contributed by atoms with Crippen LogP contribution in [0, 0.1) is 23.2 Å². The predicted octanol–water partition coefficient (Wildman–Crippen LogP) is 6.48. The van der Waals surface area contributed by atoms with Gasteiger partial charge in [-0.3, -0.25) is 0 Å². The number of hydrogen-bond acceptors (Lipinski definition) is 2. The van der Waals surface area contributed by atoms with E-state index in [0.29, 0.717) is 17.4 Å². The molecule has 0 heterocycles. The van der Waals surface area contributed by atoms with Crippen LogP contribution in [-0.4, -0.2) is 25.7 Å². The van der Waals surface area contributed by atoms with Gasteiger partial charge in [-0.25, -0.2) is 0 Å². The van der Waals surface area contributed by atoms with Gasteiger partial charge in [0.2, 0.25) is 0 Å². The topological polar surface area (TPSA) is 24.1 Å². The maximum atomic E-state index is 3.95. The maximum absolute atomic E-state index is 3.95. The molecule has 2 aromatic rings. The van der Waals surface area contributed by atoms with Crippen molar-refractivity contribution in [2.45, 2.75) is 65.8 Å². The first-order valence-corrected chi connectivity index (χ1v) is 12.4. The van der Waals surface area contributed by atoms with Crippen LogP contribution in [0.15, 0.2) is 60.7 Å². The molecule has 0 aliphatic heterocycles. The fourth-order valence-electron chi connectivity index (χ4n) is 6.00. The zero-order chi connectivity index (χ0) is 22.3. The van der Waals surface area contributed by atoms with Gasteiger partial charge in [-0.05, 0) is 53.6 Å². The first-order chi connectivity index (χ1) is 14.9. The molecule has 2 heteroatoms. The van der Waals surface area contributed by atoms with E-state index in [4.69, 9.17) is 0 Å². The van der Waals surface area contributed by atoms with E-state index < -0.39 is 0 Å². The van der Waals surface area contributed by atoms with E-state index in [1.807, 2.05) is 0 Å². The van der Waals surface area contributed by atoms with Gasteiger partial charge in [-0.15, -0.1) is 0 Å². The molecule has 1 saturated carbocycles. The van der Waals surface area contributed by atoms with Crippen LogP contribution in [0.3, 0.4) is 0 Å². The Morgan fingerprint density at radius 1 is 0.903 bits per heavy atom. The summed E-state index contributed by atoms with van der Waals surface area (Å²) in [6.45, 7) is 15.2. The van der Waals surface area contributed by atoms with Crippen LogP contribution >= 0.6 is 0 Å². The maximum Gasteiger partial charge on any atom is 0.0214 e. The fraction of sp³-hybridized carbons (Fsp3) is 0.586. The van der Waals surface area contributed by atoms with Gasteiger partial charge >= 0.3 is 0 Å². The van der Waals surface area contributed by atoms with Crippen LogP contribution in [0.2, 0.25) is 0 Å². The van der Waals surface area contributed by atoms with Gasteiger partial charge in [0, 0.05) is 31.6 Å². The summed E-state index contributed by atoms with van der Waals surface area (Å²) in [5.41, 5.74) is 3.24. The molecule has 1 unspecified atom stereocenters. The second kappa shape index (κ2) is 11.3. The highest BCUT2D eigenvalue weighted by Crippen LogP contribution is 2.42. The Labute approximate surface area is 191 Å². The summed E-state index contributed by atoms with van der Waals surface area (Å²) in [5.74, 6) is 2.67. The Morgan fingerprint density at radius 3 is 2.03 bits per heavy atom. The van der Waals surface area contributed by atoms with Crippen molar-refractivity contribution in [2.75, 3.05) is 19.6 Å². The standard InChI is InChI=1S/C29H44N2/c1-22(2)28-23(3)20-29(4,5)17-16-27(28)31-19-18-30-21-26(24-12-8-6-9-13-24)25-14-10-7-11-15-25/h6-15,22-23,26-28,30-31H,16-21H2,1-5H3/t23-,27-,28?/m1/s1. The van der Waals surface area contributed by atoms with Crippen LogP contribution in [-0.2, 0) is 0 Å². The van der Waals surface area contributed by atoms with Gasteiger partial charge in [0.25, 0.3) is 0 Å². The average Bonchev–Trinajstić information content (AvgIpc) is 2.86. The van der Waals surface area contributed by atoms with Crippen molar-refractivity contribution in [3.05, 3.63) is 71.8 Å². The number of benzene rings is 2. The molecule has 2 N–H and O–H groups in total. The Hall–Kier alpha value is -1.64. The van der Waals surface area contributed by atoms with Crippen molar-refractivity contribution >= 4 is 0 Å². The number of hydrogen-bond donors (Lipinski definition) is 2. The number of rotatable bonds is 9. The van der Waals surface area contributed by atoms with Crippen LogP contribution in [0.4, 0.5) is 0 Å². The zero-order valence-electron chi connectivity index (χ0n) is 20.4. The molecular weight excluding hydrogens is 376 g/mol. The van der Waals surface area contributed by atoms with E-state index in [9.17, 15) is 0 Å². The molecular formula is C29H44N2. The zero-order valence-corrected chi connectivity index (χ0v) is 20.4. The third-order valence-electron chi connectivity index (χ3n) is 7.36. The second-order valence-electron chi connectivity index (χ2n) is 10.8. The average molecular weight is 421 g/mol. The SMILES string of the molecule is CC(C)C1[C@H](C)CC(C)(C)CC[C@H]1NCCNCC(c1ccccc1)c1ccccc1. The lowest BCUT2D eigenvalue weighted by Gasteiger charge is -2.34. The van der Waals surface area contributed by atoms with Gasteiger partial charge in [-0.1, -0.05) is 95.3 Å². The molecule has 2 aromatic carbocycles. The summed E-state index contributed by atoms with van der Waals surface area (Å²) in [6.07, 6.45) is 3.98. The van der Waals surface area contributed by atoms with Crippen molar-refractivity contribution in [3.63, 3.8) is 0 Å². The second-order valence-corrected chi connectivity index (χ2v) is 10.8. The molecule has 0 saturated heterocycles. The molecule has 0 amide bonds. The van der Waals surface area contributed by atoms with E-state index in [1.165, 1.54) is 30.4 Å². The Balaban J connectivity index is 1.55. The van der Waals surface area contributed by atoms with Crippen molar-refractivity contribution < 1.29 is 0 Å².